The summed E-state index contributed by atoms with van der Waals surface area (Å²) < 4.78 is 13.4. The maximum absolute atomic E-state index is 13.4. The van der Waals surface area contributed by atoms with Crippen molar-refractivity contribution in [1.29, 1.82) is 0 Å². The van der Waals surface area contributed by atoms with Crippen molar-refractivity contribution in [2.75, 3.05) is 13.1 Å². The Labute approximate surface area is 101 Å². The molecule has 1 aliphatic carbocycles. The van der Waals surface area contributed by atoms with E-state index in [-0.39, 0.29) is 11.5 Å². The van der Waals surface area contributed by atoms with Gasteiger partial charge in [0.25, 0.3) is 5.91 Å². The highest BCUT2D eigenvalue weighted by Gasteiger charge is 2.27. The second kappa shape index (κ2) is 5.25. The molecule has 1 aliphatic rings. The molecule has 0 radical (unpaired) electrons. The lowest BCUT2D eigenvalue weighted by Crippen LogP contribution is -2.34. The molecule has 1 saturated carbocycles. The Kier molecular flexibility index (Phi) is 3.71. The van der Waals surface area contributed by atoms with Crippen LogP contribution in [0.3, 0.4) is 0 Å². The van der Waals surface area contributed by atoms with Gasteiger partial charge in [-0.3, -0.25) is 4.79 Å². The molecule has 0 spiro atoms. The molecule has 0 N–H and O–H groups in total. The zero-order chi connectivity index (χ0) is 12.3. The Balaban J connectivity index is 2.11. The Bertz CT molecular complexity index is 404. The maximum atomic E-state index is 13.4. The molecule has 0 aromatic carbocycles. The first-order valence-corrected chi connectivity index (χ1v) is 6.12. The van der Waals surface area contributed by atoms with E-state index in [1.165, 1.54) is 25.1 Å². The third kappa shape index (κ3) is 3.02. The molecule has 1 aromatic heterocycles. The van der Waals surface area contributed by atoms with Gasteiger partial charge in [0.1, 0.15) is 0 Å². The summed E-state index contributed by atoms with van der Waals surface area (Å²) in [6, 6.07) is 3.10. The van der Waals surface area contributed by atoms with Gasteiger partial charge in [-0.25, -0.2) is 4.98 Å². The second-order valence-electron chi connectivity index (χ2n) is 4.54. The van der Waals surface area contributed by atoms with Crippen LogP contribution in [0.5, 0.6) is 0 Å². The summed E-state index contributed by atoms with van der Waals surface area (Å²) in [5.74, 6) is -0.288. The van der Waals surface area contributed by atoms with Crippen molar-refractivity contribution in [2.45, 2.75) is 26.2 Å². The van der Waals surface area contributed by atoms with E-state index in [0.717, 1.165) is 13.0 Å². The predicted molar refractivity (Wildman–Crippen MR) is 63.1 cm³/mol. The van der Waals surface area contributed by atoms with E-state index >= 15 is 0 Å². The molecule has 4 heteroatoms. The van der Waals surface area contributed by atoms with E-state index in [1.54, 1.807) is 11.0 Å². The van der Waals surface area contributed by atoms with E-state index in [9.17, 15) is 9.18 Å². The number of aromatic nitrogens is 1. The summed E-state index contributed by atoms with van der Waals surface area (Å²) in [6.07, 6.45) is 4.61. The molecule has 0 atom stereocenters. The van der Waals surface area contributed by atoms with E-state index in [1.807, 2.05) is 6.92 Å². The van der Waals surface area contributed by atoms with Crippen LogP contribution >= 0.6 is 0 Å². The molecule has 1 aromatic rings. The molecule has 0 aliphatic heterocycles. The van der Waals surface area contributed by atoms with Crippen LogP contribution in [-0.2, 0) is 0 Å². The Morgan fingerprint density at radius 1 is 1.59 bits per heavy atom. The van der Waals surface area contributed by atoms with E-state index in [4.69, 9.17) is 0 Å². The van der Waals surface area contributed by atoms with Gasteiger partial charge in [-0.2, -0.15) is 4.39 Å². The minimum atomic E-state index is -0.672. The molecular weight excluding hydrogens is 219 g/mol. The lowest BCUT2D eigenvalue weighted by molar-refractivity contribution is 0.0742. The van der Waals surface area contributed by atoms with Crippen LogP contribution in [0.15, 0.2) is 18.3 Å². The van der Waals surface area contributed by atoms with E-state index < -0.39 is 5.95 Å². The number of carbonyl (C=O) groups is 1. The fourth-order valence-corrected chi connectivity index (χ4v) is 1.87. The number of carbonyl (C=O) groups excluding carboxylic acids is 1. The molecule has 92 valence electrons. The van der Waals surface area contributed by atoms with Gasteiger partial charge in [0.05, 0.1) is 5.56 Å². The van der Waals surface area contributed by atoms with Crippen LogP contribution in [0.25, 0.3) is 0 Å². The van der Waals surface area contributed by atoms with Gasteiger partial charge >= 0.3 is 0 Å². The minimum Gasteiger partial charge on any atom is -0.338 e. The molecule has 1 amide bonds. The summed E-state index contributed by atoms with van der Waals surface area (Å²) in [5, 5.41) is 0. The zero-order valence-corrected chi connectivity index (χ0v) is 10.0. The molecule has 0 saturated heterocycles. The average molecular weight is 236 g/mol. The molecule has 3 nitrogen and oxygen atoms in total. The molecule has 1 heterocycles. The smallest absolute Gasteiger partial charge is 0.258 e. The predicted octanol–water partition coefficient (Wildman–Crippen LogP) is 2.48. The average Bonchev–Trinajstić information content (AvgIpc) is 3.12. The lowest BCUT2D eigenvalue weighted by Gasteiger charge is -2.22. The van der Waals surface area contributed by atoms with Crippen molar-refractivity contribution in [3.8, 4) is 0 Å². The molecule has 17 heavy (non-hydrogen) atoms. The first-order chi connectivity index (χ1) is 8.22. The fourth-order valence-electron chi connectivity index (χ4n) is 1.87. The summed E-state index contributed by atoms with van der Waals surface area (Å²) in [5.41, 5.74) is 0.0848. The number of hydrogen-bond donors (Lipinski definition) is 0. The van der Waals surface area contributed by atoms with Gasteiger partial charge in [0, 0.05) is 19.3 Å². The largest absolute Gasteiger partial charge is 0.338 e. The van der Waals surface area contributed by atoms with Crippen LogP contribution in [0.4, 0.5) is 4.39 Å². The number of pyridine rings is 1. The number of rotatable bonds is 5. The van der Waals surface area contributed by atoms with Crippen molar-refractivity contribution < 1.29 is 9.18 Å². The van der Waals surface area contributed by atoms with Crippen LogP contribution in [0, 0.1) is 11.9 Å². The first-order valence-electron chi connectivity index (χ1n) is 6.12. The topological polar surface area (TPSA) is 33.2 Å². The van der Waals surface area contributed by atoms with Gasteiger partial charge in [0.15, 0.2) is 0 Å². The number of amides is 1. The highest BCUT2D eigenvalue weighted by atomic mass is 19.1. The van der Waals surface area contributed by atoms with Crippen LogP contribution < -0.4 is 0 Å². The molecule has 0 bridgehead atoms. The fraction of sp³-hybridized carbons (Fsp3) is 0.538. The first kappa shape index (κ1) is 12.0. The zero-order valence-electron chi connectivity index (χ0n) is 10.0. The monoisotopic (exact) mass is 236 g/mol. The van der Waals surface area contributed by atoms with Gasteiger partial charge in [-0.05, 0) is 37.3 Å². The maximum Gasteiger partial charge on any atom is 0.258 e. The lowest BCUT2D eigenvalue weighted by atomic mass is 10.2. The Morgan fingerprint density at radius 3 is 2.94 bits per heavy atom. The van der Waals surface area contributed by atoms with Gasteiger partial charge in [-0.15, -0.1) is 0 Å². The Morgan fingerprint density at radius 2 is 2.35 bits per heavy atom. The van der Waals surface area contributed by atoms with Crippen molar-refractivity contribution in [3.63, 3.8) is 0 Å². The molecule has 1 fully saturated rings. The number of nitrogens with zero attached hydrogens (tertiary/aromatic N) is 2. The molecule has 0 unspecified atom stereocenters. The third-order valence-corrected chi connectivity index (χ3v) is 2.95. The van der Waals surface area contributed by atoms with Crippen LogP contribution in [0.1, 0.15) is 36.5 Å². The van der Waals surface area contributed by atoms with Crippen LogP contribution in [0.2, 0.25) is 0 Å². The standard InChI is InChI=1S/C13H17FN2O/c1-2-8-16(9-10-5-6-10)13(17)11-4-3-7-15-12(11)14/h3-4,7,10H,2,5-6,8-9H2,1H3. The SMILES string of the molecule is CCCN(CC1CC1)C(=O)c1cccnc1F. The minimum absolute atomic E-state index is 0.0848. The summed E-state index contributed by atoms with van der Waals surface area (Å²) in [6.45, 7) is 3.46. The second-order valence-corrected chi connectivity index (χ2v) is 4.54. The molecular formula is C13H17FN2O. The van der Waals surface area contributed by atoms with E-state index in [2.05, 4.69) is 4.98 Å². The Hall–Kier alpha value is -1.45. The van der Waals surface area contributed by atoms with Crippen molar-refractivity contribution >= 4 is 5.91 Å². The highest BCUT2D eigenvalue weighted by molar-refractivity contribution is 5.94. The van der Waals surface area contributed by atoms with Gasteiger partial charge < -0.3 is 4.90 Å². The molecule has 2 rings (SSSR count). The van der Waals surface area contributed by atoms with Gasteiger partial charge in [-0.1, -0.05) is 6.92 Å². The normalized spacial score (nSPS) is 14.7. The van der Waals surface area contributed by atoms with Gasteiger partial charge in [0.2, 0.25) is 5.95 Å². The number of halogens is 1. The summed E-state index contributed by atoms with van der Waals surface area (Å²) in [4.78, 5) is 17.4. The summed E-state index contributed by atoms with van der Waals surface area (Å²) >= 11 is 0. The van der Waals surface area contributed by atoms with E-state index in [0.29, 0.717) is 12.5 Å². The summed E-state index contributed by atoms with van der Waals surface area (Å²) in [7, 11) is 0. The number of hydrogen-bond acceptors (Lipinski definition) is 2. The van der Waals surface area contributed by atoms with Crippen molar-refractivity contribution in [3.05, 3.63) is 29.8 Å². The van der Waals surface area contributed by atoms with Crippen LogP contribution in [-0.4, -0.2) is 28.9 Å². The highest BCUT2D eigenvalue weighted by Crippen LogP contribution is 2.30. The van der Waals surface area contributed by atoms with Crippen molar-refractivity contribution in [1.82, 2.24) is 9.88 Å². The third-order valence-electron chi connectivity index (χ3n) is 2.95. The quantitative estimate of drug-likeness (QED) is 0.736. The van der Waals surface area contributed by atoms with Crippen molar-refractivity contribution in [2.24, 2.45) is 5.92 Å².